The molecule has 172 valence electrons. The summed E-state index contributed by atoms with van der Waals surface area (Å²) in [5, 5.41) is 13.6. The molecule has 8 heteroatoms. The molecule has 5 nitrogen and oxygen atoms in total. The van der Waals surface area contributed by atoms with Gasteiger partial charge in [-0.2, -0.15) is 0 Å². The average Bonchev–Trinajstić information content (AvgIpc) is 2.80. The Kier molecular flexibility index (Phi) is 9.00. The molecule has 2 N–H and O–H groups in total. The molecule has 2 atom stereocenters. The summed E-state index contributed by atoms with van der Waals surface area (Å²) >= 11 is 6.02. The van der Waals surface area contributed by atoms with Crippen molar-refractivity contribution >= 4 is 24.6 Å². The smallest absolute Gasteiger partial charge is 0.373 e. The summed E-state index contributed by atoms with van der Waals surface area (Å²) in [4.78, 5) is 16.8. The van der Waals surface area contributed by atoms with E-state index in [1.165, 1.54) is 12.1 Å². The van der Waals surface area contributed by atoms with Crippen LogP contribution in [0.15, 0.2) is 67.0 Å². The van der Waals surface area contributed by atoms with Gasteiger partial charge in [-0.3, -0.25) is 9.78 Å². The van der Waals surface area contributed by atoms with Crippen molar-refractivity contribution in [3.8, 4) is 11.1 Å². The molecule has 0 aliphatic heterocycles. The van der Waals surface area contributed by atoms with E-state index in [2.05, 4.69) is 10.2 Å². The number of nitrogens with one attached hydrogen (secondary N) is 1. The summed E-state index contributed by atoms with van der Waals surface area (Å²) in [6.45, 7) is 3.70. The Morgan fingerprint density at radius 1 is 1.24 bits per heavy atom. The lowest BCUT2D eigenvalue weighted by atomic mass is 9.82. The summed E-state index contributed by atoms with van der Waals surface area (Å²) in [5.74, 6) is -1.18. The second kappa shape index (κ2) is 11.9. The van der Waals surface area contributed by atoms with E-state index in [9.17, 15) is 14.2 Å². The van der Waals surface area contributed by atoms with Gasteiger partial charge in [0.1, 0.15) is 5.82 Å². The molecule has 3 aromatic rings. The van der Waals surface area contributed by atoms with Gasteiger partial charge in [0.2, 0.25) is 0 Å². The van der Waals surface area contributed by atoms with E-state index < -0.39 is 13.0 Å². The first kappa shape index (κ1) is 24.9. The van der Waals surface area contributed by atoms with Gasteiger partial charge in [-0.1, -0.05) is 41.9 Å². The number of esters is 1. The van der Waals surface area contributed by atoms with Gasteiger partial charge in [-0.25, -0.2) is 4.39 Å². The Labute approximate surface area is 199 Å². The Hall–Kier alpha value is -2.74. The fourth-order valence-corrected chi connectivity index (χ4v) is 4.02. The first-order valence-corrected chi connectivity index (χ1v) is 11.3. The third-order valence-corrected chi connectivity index (χ3v) is 5.57. The maximum absolute atomic E-state index is 14.2. The van der Waals surface area contributed by atoms with Gasteiger partial charge in [-0.05, 0) is 67.5 Å². The topological polar surface area (TPSA) is 71.5 Å². The molecule has 2 aromatic carbocycles. The Balaban J connectivity index is 1.81. The van der Waals surface area contributed by atoms with E-state index in [-0.39, 0.29) is 24.4 Å². The van der Waals surface area contributed by atoms with Crippen molar-refractivity contribution in [1.29, 1.82) is 0 Å². The van der Waals surface area contributed by atoms with E-state index in [1.807, 2.05) is 30.3 Å². The van der Waals surface area contributed by atoms with E-state index in [0.29, 0.717) is 23.4 Å². The summed E-state index contributed by atoms with van der Waals surface area (Å²) in [5.41, 5.74) is 2.90. The highest BCUT2D eigenvalue weighted by Gasteiger charge is 2.27. The number of carbonyl (C=O) groups excluding carboxylic acids is 1. The molecule has 0 amide bonds. The number of hydrogen-bond donors (Lipinski definition) is 2. The van der Waals surface area contributed by atoms with Crippen LogP contribution in [0, 0.1) is 5.82 Å². The van der Waals surface area contributed by atoms with Gasteiger partial charge >= 0.3 is 13.0 Å². The zero-order chi connectivity index (χ0) is 23.8. The van der Waals surface area contributed by atoms with E-state index in [4.69, 9.17) is 16.3 Å². The Morgan fingerprint density at radius 3 is 2.64 bits per heavy atom. The van der Waals surface area contributed by atoms with Crippen LogP contribution in [-0.4, -0.2) is 35.7 Å². The van der Waals surface area contributed by atoms with Gasteiger partial charge in [0.05, 0.1) is 12.5 Å². The molecular formula is C25H27BClFN2O3. The van der Waals surface area contributed by atoms with Crippen molar-refractivity contribution in [3.63, 3.8) is 0 Å². The number of pyridine rings is 1. The molecule has 3 rings (SSSR count). The van der Waals surface area contributed by atoms with Crippen LogP contribution in [-0.2, 0) is 16.0 Å². The van der Waals surface area contributed by atoms with Crippen molar-refractivity contribution < 1.29 is 18.9 Å². The second-order valence-corrected chi connectivity index (χ2v) is 8.33. The van der Waals surface area contributed by atoms with Gasteiger partial charge in [0, 0.05) is 29.0 Å². The van der Waals surface area contributed by atoms with Crippen LogP contribution in [0.2, 0.25) is 11.8 Å². The predicted molar refractivity (Wildman–Crippen MR) is 130 cm³/mol. The number of halogens is 2. The monoisotopic (exact) mass is 468 g/mol. The van der Waals surface area contributed by atoms with Crippen molar-refractivity contribution in [1.82, 2.24) is 10.2 Å². The zero-order valence-electron chi connectivity index (χ0n) is 18.7. The Morgan fingerprint density at radius 2 is 2.00 bits per heavy atom. The number of nitrogens with zero attached hydrogens (tertiary/aromatic N) is 1. The fraction of sp³-hybridized carbons (Fsp3) is 0.280. The molecule has 1 aromatic heterocycles. The standard InChI is InChI=1S/C25H27BClFN2O3/c1-3-33-25(31)23(19-5-4-12-29-16-19)15-21(30-26(2)32)13-17-6-8-18(9-7-17)22-14-20(27)10-11-24(22)28/h4-12,14,16,21,23,30,32H,3,13,15H2,1-2H3/t21-,23?/m1/s1. The number of rotatable bonds is 10. The lowest BCUT2D eigenvalue weighted by Gasteiger charge is -2.24. The van der Waals surface area contributed by atoms with Crippen LogP contribution >= 0.6 is 11.6 Å². The maximum Gasteiger partial charge on any atom is 0.373 e. The average molecular weight is 469 g/mol. The number of benzene rings is 2. The van der Waals surface area contributed by atoms with Crippen LogP contribution < -0.4 is 5.23 Å². The highest BCUT2D eigenvalue weighted by molar-refractivity contribution is 6.45. The summed E-state index contributed by atoms with van der Waals surface area (Å²) in [7, 11) is -0.758. The summed E-state index contributed by atoms with van der Waals surface area (Å²) in [6.07, 6.45) is 4.29. The minimum absolute atomic E-state index is 0.214. The Bertz CT molecular complexity index is 1050. The second-order valence-electron chi connectivity index (χ2n) is 7.89. The first-order valence-electron chi connectivity index (χ1n) is 10.9. The van der Waals surface area contributed by atoms with Gasteiger partial charge < -0.3 is 15.0 Å². The van der Waals surface area contributed by atoms with Crippen molar-refractivity contribution in [3.05, 3.63) is 89.0 Å². The zero-order valence-corrected chi connectivity index (χ0v) is 19.4. The summed E-state index contributed by atoms with van der Waals surface area (Å²) < 4.78 is 19.5. The molecule has 33 heavy (non-hydrogen) atoms. The minimum atomic E-state index is -0.758. The van der Waals surface area contributed by atoms with Crippen LogP contribution in [0.3, 0.4) is 0 Å². The number of ether oxygens (including phenoxy) is 1. The van der Waals surface area contributed by atoms with Gasteiger partial charge in [0.15, 0.2) is 0 Å². The van der Waals surface area contributed by atoms with Gasteiger partial charge in [-0.15, -0.1) is 0 Å². The number of aromatic nitrogens is 1. The largest absolute Gasteiger partial charge is 0.466 e. The molecule has 0 fully saturated rings. The number of carbonyl (C=O) groups is 1. The minimum Gasteiger partial charge on any atom is -0.466 e. The molecule has 1 heterocycles. The lowest BCUT2D eigenvalue weighted by molar-refractivity contribution is -0.145. The van der Waals surface area contributed by atoms with Crippen LogP contribution in [0.25, 0.3) is 11.1 Å². The van der Waals surface area contributed by atoms with Crippen LogP contribution in [0.4, 0.5) is 4.39 Å². The lowest BCUT2D eigenvalue weighted by Crippen LogP contribution is -2.43. The van der Waals surface area contributed by atoms with E-state index in [1.54, 1.807) is 38.3 Å². The quantitative estimate of drug-likeness (QED) is 0.327. The third kappa shape index (κ3) is 7.12. The van der Waals surface area contributed by atoms with E-state index in [0.717, 1.165) is 16.7 Å². The molecule has 0 radical (unpaired) electrons. The van der Waals surface area contributed by atoms with Crippen LogP contribution in [0.1, 0.15) is 30.4 Å². The molecule has 1 unspecified atom stereocenters. The molecule has 0 spiro atoms. The molecule has 0 saturated carbocycles. The van der Waals surface area contributed by atoms with Gasteiger partial charge in [0.25, 0.3) is 0 Å². The third-order valence-electron chi connectivity index (χ3n) is 5.33. The summed E-state index contributed by atoms with van der Waals surface area (Å²) in [6, 6.07) is 15.4. The molecule has 0 aliphatic carbocycles. The molecule has 0 saturated heterocycles. The maximum atomic E-state index is 14.2. The number of hydrogen-bond acceptors (Lipinski definition) is 5. The molecule has 0 aliphatic rings. The first-order chi connectivity index (χ1) is 15.9. The SMILES string of the molecule is CCOC(=O)C(C[C@@H](Cc1ccc(-c2cc(Cl)ccc2F)cc1)NB(C)O)c1cccnc1. The highest BCUT2D eigenvalue weighted by atomic mass is 35.5. The predicted octanol–water partition coefficient (Wildman–Crippen LogP) is 4.89. The normalized spacial score (nSPS) is 12.8. The van der Waals surface area contributed by atoms with Crippen molar-refractivity contribution in [2.45, 2.75) is 38.5 Å². The highest BCUT2D eigenvalue weighted by Crippen LogP contribution is 2.28. The van der Waals surface area contributed by atoms with E-state index >= 15 is 0 Å². The molecular weight excluding hydrogens is 442 g/mol. The fourth-order valence-electron chi connectivity index (χ4n) is 3.85. The van der Waals surface area contributed by atoms with Crippen LogP contribution in [0.5, 0.6) is 0 Å². The molecule has 0 bridgehead atoms. The van der Waals surface area contributed by atoms with Crippen molar-refractivity contribution in [2.24, 2.45) is 0 Å². The van der Waals surface area contributed by atoms with Crippen molar-refractivity contribution in [2.75, 3.05) is 6.61 Å².